The SMILES string of the molecule is CC[C@H](C)[C@H](NCCc1csc2ccccc12)C(=O)N[C@H]1CCc2cccc3c2N(C1=O)[C@H](C(=O)O)C3. The smallest absolute Gasteiger partial charge is 0.327 e. The number of benzene rings is 2. The molecular formula is C29H33N3O4S. The molecule has 0 unspecified atom stereocenters. The number of thiophene rings is 1. The molecule has 3 heterocycles. The predicted octanol–water partition coefficient (Wildman–Crippen LogP) is 3.92. The summed E-state index contributed by atoms with van der Waals surface area (Å²) in [5.41, 5.74) is 3.82. The number of fused-ring (bicyclic) bond motifs is 1. The first kappa shape index (κ1) is 25.4. The summed E-state index contributed by atoms with van der Waals surface area (Å²) in [6.45, 7) is 4.73. The van der Waals surface area contributed by atoms with Crippen molar-refractivity contribution in [1.82, 2.24) is 10.6 Å². The lowest BCUT2D eigenvalue weighted by Gasteiger charge is -2.29. The van der Waals surface area contributed by atoms with E-state index in [2.05, 4.69) is 35.1 Å². The van der Waals surface area contributed by atoms with Gasteiger partial charge in [0.2, 0.25) is 11.8 Å². The molecule has 2 amide bonds. The first-order valence-electron chi connectivity index (χ1n) is 13.0. The summed E-state index contributed by atoms with van der Waals surface area (Å²) in [7, 11) is 0. The van der Waals surface area contributed by atoms with Crippen molar-refractivity contribution in [3.05, 3.63) is 64.5 Å². The second kappa shape index (κ2) is 10.6. The number of hydrogen-bond acceptors (Lipinski definition) is 5. The lowest BCUT2D eigenvalue weighted by Crippen LogP contribution is -2.56. The number of carbonyl (C=O) groups is 3. The van der Waals surface area contributed by atoms with Crippen LogP contribution < -0.4 is 15.5 Å². The van der Waals surface area contributed by atoms with E-state index in [4.69, 9.17) is 0 Å². The van der Waals surface area contributed by atoms with Crippen LogP contribution in [0, 0.1) is 5.92 Å². The number of aryl methyl sites for hydroxylation is 1. The fraction of sp³-hybridized carbons (Fsp3) is 0.414. The van der Waals surface area contributed by atoms with Crippen LogP contribution in [0.4, 0.5) is 5.69 Å². The molecule has 3 aromatic rings. The Hall–Kier alpha value is -3.23. The highest BCUT2D eigenvalue weighted by atomic mass is 32.1. The van der Waals surface area contributed by atoms with Gasteiger partial charge in [-0.15, -0.1) is 11.3 Å². The summed E-state index contributed by atoms with van der Waals surface area (Å²) in [4.78, 5) is 40.5. The van der Waals surface area contributed by atoms with Crippen molar-refractivity contribution in [3.63, 3.8) is 0 Å². The van der Waals surface area contributed by atoms with Gasteiger partial charge in [0.15, 0.2) is 0 Å². The third-order valence-corrected chi connectivity index (χ3v) is 8.84. The average Bonchev–Trinajstić information content (AvgIpc) is 3.46. The fourth-order valence-electron chi connectivity index (χ4n) is 5.60. The molecule has 0 radical (unpaired) electrons. The quantitative estimate of drug-likeness (QED) is 0.398. The first-order valence-corrected chi connectivity index (χ1v) is 13.9. The van der Waals surface area contributed by atoms with E-state index in [9.17, 15) is 19.5 Å². The van der Waals surface area contributed by atoms with Crippen LogP contribution in [-0.4, -0.2) is 47.6 Å². The van der Waals surface area contributed by atoms with Gasteiger partial charge in [-0.05, 0) is 65.2 Å². The van der Waals surface area contributed by atoms with Gasteiger partial charge in [-0.1, -0.05) is 56.7 Å². The van der Waals surface area contributed by atoms with E-state index in [1.54, 1.807) is 11.3 Å². The highest BCUT2D eigenvalue weighted by molar-refractivity contribution is 7.17. The van der Waals surface area contributed by atoms with Gasteiger partial charge in [0.05, 0.1) is 11.7 Å². The second-order valence-corrected chi connectivity index (χ2v) is 11.0. The second-order valence-electron chi connectivity index (χ2n) is 10.1. The first-order chi connectivity index (χ1) is 17.9. The van der Waals surface area contributed by atoms with E-state index in [1.165, 1.54) is 20.5 Å². The van der Waals surface area contributed by atoms with E-state index in [1.807, 2.05) is 37.3 Å². The minimum atomic E-state index is -1.03. The maximum absolute atomic E-state index is 13.6. The van der Waals surface area contributed by atoms with Crippen LogP contribution in [0.25, 0.3) is 10.1 Å². The number of carbonyl (C=O) groups excluding carboxylic acids is 2. The van der Waals surface area contributed by atoms with Crippen molar-refractivity contribution in [2.45, 2.75) is 64.1 Å². The molecule has 194 valence electrons. The lowest BCUT2D eigenvalue weighted by molar-refractivity contribution is -0.140. The number of nitrogens with one attached hydrogen (secondary N) is 2. The topological polar surface area (TPSA) is 98.7 Å². The molecule has 1 aromatic heterocycles. The zero-order chi connectivity index (χ0) is 26.1. The fourth-order valence-corrected chi connectivity index (χ4v) is 6.60. The Kier molecular flexibility index (Phi) is 7.31. The van der Waals surface area contributed by atoms with Crippen molar-refractivity contribution in [1.29, 1.82) is 0 Å². The minimum Gasteiger partial charge on any atom is -0.480 e. The Morgan fingerprint density at radius 2 is 1.95 bits per heavy atom. The molecule has 7 nitrogen and oxygen atoms in total. The van der Waals surface area contributed by atoms with E-state index in [0.29, 0.717) is 25.8 Å². The van der Waals surface area contributed by atoms with Crippen molar-refractivity contribution in [3.8, 4) is 0 Å². The molecule has 2 aromatic carbocycles. The molecule has 0 bridgehead atoms. The number of para-hydroxylation sites is 1. The third-order valence-electron chi connectivity index (χ3n) is 7.82. The number of carboxylic acid groups (broad SMARTS) is 1. The highest BCUT2D eigenvalue weighted by Crippen LogP contribution is 2.39. The van der Waals surface area contributed by atoms with Gasteiger partial charge >= 0.3 is 5.97 Å². The highest BCUT2D eigenvalue weighted by Gasteiger charge is 2.44. The summed E-state index contributed by atoms with van der Waals surface area (Å²) in [5, 5.41) is 19.7. The molecule has 5 rings (SSSR count). The third kappa shape index (κ3) is 4.88. The number of anilines is 1. The Balaban J connectivity index is 1.29. The van der Waals surface area contributed by atoms with E-state index < -0.39 is 24.1 Å². The van der Waals surface area contributed by atoms with Crippen LogP contribution in [-0.2, 0) is 33.6 Å². The predicted molar refractivity (Wildman–Crippen MR) is 146 cm³/mol. The zero-order valence-electron chi connectivity index (χ0n) is 21.2. The molecule has 37 heavy (non-hydrogen) atoms. The molecule has 0 saturated carbocycles. The lowest BCUT2D eigenvalue weighted by atomic mass is 9.97. The zero-order valence-corrected chi connectivity index (χ0v) is 22.0. The number of carboxylic acids is 1. The maximum Gasteiger partial charge on any atom is 0.327 e. The molecule has 0 spiro atoms. The van der Waals surface area contributed by atoms with Gasteiger partial charge in [-0.25, -0.2) is 4.79 Å². The van der Waals surface area contributed by atoms with Gasteiger partial charge < -0.3 is 15.7 Å². The Morgan fingerprint density at radius 1 is 1.16 bits per heavy atom. The molecule has 0 aliphatic carbocycles. The standard InChI is InChI=1S/C29H33N3O4S/c1-3-17(2)25(30-14-13-20-16-37-24-10-5-4-9-21(20)24)27(33)31-22-12-11-18-7-6-8-19-15-23(29(35)36)32(26(18)19)28(22)34/h4-10,16-17,22-23,25,30H,3,11-15H2,1-2H3,(H,31,33)(H,35,36)/t17-,22-,23-,25-/m0/s1. The number of rotatable bonds is 9. The summed E-state index contributed by atoms with van der Waals surface area (Å²) in [6.07, 6.45) is 2.96. The molecule has 2 aliphatic rings. The molecule has 0 fully saturated rings. The molecule has 0 saturated heterocycles. The van der Waals surface area contributed by atoms with Crippen LogP contribution >= 0.6 is 11.3 Å². The molecular weight excluding hydrogens is 486 g/mol. The Morgan fingerprint density at radius 3 is 2.73 bits per heavy atom. The van der Waals surface area contributed by atoms with E-state index >= 15 is 0 Å². The summed E-state index contributed by atoms with van der Waals surface area (Å²) in [5.74, 6) is -1.50. The Labute approximate surface area is 220 Å². The molecule has 8 heteroatoms. The van der Waals surface area contributed by atoms with Crippen LogP contribution in [0.3, 0.4) is 0 Å². The Bertz CT molecular complexity index is 1340. The molecule has 4 atom stereocenters. The van der Waals surface area contributed by atoms with Crippen LogP contribution in [0.2, 0.25) is 0 Å². The number of amides is 2. The van der Waals surface area contributed by atoms with Gasteiger partial charge in [0.1, 0.15) is 12.1 Å². The largest absolute Gasteiger partial charge is 0.480 e. The van der Waals surface area contributed by atoms with Crippen molar-refractivity contribution < 1.29 is 19.5 Å². The summed E-state index contributed by atoms with van der Waals surface area (Å²) < 4.78 is 1.26. The van der Waals surface area contributed by atoms with Crippen LogP contribution in [0.5, 0.6) is 0 Å². The molecule has 2 aliphatic heterocycles. The van der Waals surface area contributed by atoms with Crippen molar-refractivity contribution in [2.24, 2.45) is 5.92 Å². The van der Waals surface area contributed by atoms with Crippen molar-refractivity contribution >= 4 is 44.9 Å². The molecule has 3 N–H and O–H groups in total. The van der Waals surface area contributed by atoms with Crippen LogP contribution in [0.1, 0.15) is 43.4 Å². The number of hydrogen-bond donors (Lipinski definition) is 3. The van der Waals surface area contributed by atoms with Gasteiger partial charge in [0, 0.05) is 11.1 Å². The number of aliphatic carboxylic acids is 1. The minimum absolute atomic E-state index is 0.0717. The summed E-state index contributed by atoms with van der Waals surface area (Å²) in [6, 6.07) is 11.9. The van der Waals surface area contributed by atoms with Crippen molar-refractivity contribution in [2.75, 3.05) is 11.4 Å². The number of nitrogens with zero attached hydrogens (tertiary/aromatic N) is 1. The van der Waals surface area contributed by atoms with E-state index in [0.717, 1.165) is 29.7 Å². The van der Waals surface area contributed by atoms with Gasteiger partial charge in [0.25, 0.3) is 0 Å². The summed E-state index contributed by atoms with van der Waals surface area (Å²) >= 11 is 1.73. The van der Waals surface area contributed by atoms with E-state index in [-0.39, 0.29) is 17.7 Å². The van der Waals surface area contributed by atoms with Crippen LogP contribution in [0.15, 0.2) is 47.8 Å². The monoisotopic (exact) mass is 519 g/mol. The van der Waals surface area contributed by atoms with Gasteiger partial charge in [-0.3, -0.25) is 14.5 Å². The maximum atomic E-state index is 13.6. The average molecular weight is 520 g/mol. The normalized spacial score (nSPS) is 20.4. The van der Waals surface area contributed by atoms with Gasteiger partial charge in [-0.2, -0.15) is 0 Å².